The van der Waals surface area contributed by atoms with Crippen LogP contribution in [-0.2, 0) is 19.5 Å². The molecule has 6 nitrogen and oxygen atoms in total. The zero-order valence-corrected chi connectivity index (χ0v) is 13.6. The predicted molar refractivity (Wildman–Crippen MR) is 89.9 cm³/mol. The molecule has 120 valence electrons. The van der Waals surface area contributed by atoms with Gasteiger partial charge >= 0.3 is 0 Å². The van der Waals surface area contributed by atoms with Crippen LogP contribution in [-0.4, -0.2) is 36.4 Å². The Morgan fingerprint density at radius 2 is 1.96 bits per heavy atom. The fourth-order valence-corrected chi connectivity index (χ4v) is 2.97. The summed E-state index contributed by atoms with van der Waals surface area (Å²) in [6.07, 6.45) is 11.7. The molecule has 3 aromatic heterocycles. The molecule has 0 radical (unpaired) electrons. The van der Waals surface area contributed by atoms with E-state index in [1.807, 2.05) is 18.6 Å². The van der Waals surface area contributed by atoms with Crippen LogP contribution in [0.5, 0.6) is 0 Å². The van der Waals surface area contributed by atoms with E-state index in [2.05, 4.69) is 37.8 Å². The van der Waals surface area contributed by atoms with Gasteiger partial charge in [-0.05, 0) is 24.1 Å². The van der Waals surface area contributed by atoms with Gasteiger partial charge in [-0.25, -0.2) is 19.9 Å². The van der Waals surface area contributed by atoms with E-state index in [1.54, 1.807) is 12.4 Å². The Hall–Kier alpha value is -2.73. The van der Waals surface area contributed by atoms with Gasteiger partial charge in [0.1, 0.15) is 6.33 Å². The molecule has 0 aromatic carbocycles. The van der Waals surface area contributed by atoms with Crippen LogP contribution in [0.1, 0.15) is 22.4 Å². The van der Waals surface area contributed by atoms with Crippen LogP contribution in [0.3, 0.4) is 0 Å². The molecule has 0 N–H and O–H groups in total. The molecule has 4 rings (SSSR count). The van der Waals surface area contributed by atoms with Crippen molar-refractivity contribution in [2.24, 2.45) is 0 Å². The van der Waals surface area contributed by atoms with E-state index in [-0.39, 0.29) is 0 Å². The van der Waals surface area contributed by atoms with Crippen molar-refractivity contribution in [3.63, 3.8) is 0 Å². The largest absolute Gasteiger partial charge is 0.294 e. The van der Waals surface area contributed by atoms with Crippen LogP contribution < -0.4 is 0 Å². The molecule has 0 fully saturated rings. The van der Waals surface area contributed by atoms with Gasteiger partial charge < -0.3 is 0 Å². The molecule has 4 heterocycles. The topological polar surface area (TPSA) is 67.7 Å². The Kier molecular flexibility index (Phi) is 3.96. The number of aromatic nitrogens is 5. The Morgan fingerprint density at radius 1 is 1.08 bits per heavy atom. The number of nitrogens with zero attached hydrogens (tertiary/aromatic N) is 6. The summed E-state index contributed by atoms with van der Waals surface area (Å²) in [4.78, 5) is 23.9. The lowest BCUT2D eigenvalue weighted by Crippen LogP contribution is -2.31. The van der Waals surface area contributed by atoms with Crippen LogP contribution in [0, 0.1) is 6.92 Å². The quantitative estimate of drug-likeness (QED) is 0.737. The molecule has 0 atom stereocenters. The fourth-order valence-electron chi connectivity index (χ4n) is 2.97. The van der Waals surface area contributed by atoms with Gasteiger partial charge in [0.2, 0.25) is 0 Å². The Balaban J connectivity index is 1.53. The third-order valence-electron chi connectivity index (χ3n) is 4.37. The first-order valence-electron chi connectivity index (χ1n) is 8.01. The summed E-state index contributed by atoms with van der Waals surface area (Å²) >= 11 is 0. The van der Waals surface area contributed by atoms with Crippen LogP contribution in [0.15, 0.2) is 43.4 Å². The SMILES string of the molecule is Cc1ccncc1CN1CCc2nc(-c3cncnc3)ncc2C1. The van der Waals surface area contributed by atoms with Gasteiger partial charge in [-0.1, -0.05) is 0 Å². The number of fused-ring (bicyclic) bond motifs is 1. The van der Waals surface area contributed by atoms with E-state index in [4.69, 9.17) is 4.98 Å². The lowest BCUT2D eigenvalue weighted by Gasteiger charge is -2.28. The van der Waals surface area contributed by atoms with E-state index in [0.29, 0.717) is 5.82 Å². The second-order valence-electron chi connectivity index (χ2n) is 6.06. The van der Waals surface area contributed by atoms with Gasteiger partial charge in [0.25, 0.3) is 0 Å². The minimum atomic E-state index is 0.700. The summed E-state index contributed by atoms with van der Waals surface area (Å²) in [7, 11) is 0. The summed E-state index contributed by atoms with van der Waals surface area (Å²) in [6, 6.07) is 2.06. The summed E-state index contributed by atoms with van der Waals surface area (Å²) in [5.74, 6) is 0.700. The van der Waals surface area contributed by atoms with Crippen molar-refractivity contribution >= 4 is 0 Å². The lowest BCUT2D eigenvalue weighted by atomic mass is 10.1. The predicted octanol–water partition coefficient (Wildman–Crippen LogP) is 2.20. The van der Waals surface area contributed by atoms with Crippen molar-refractivity contribution in [2.75, 3.05) is 6.54 Å². The van der Waals surface area contributed by atoms with Crippen molar-refractivity contribution in [3.05, 3.63) is 65.8 Å². The van der Waals surface area contributed by atoms with E-state index < -0.39 is 0 Å². The molecule has 0 aliphatic carbocycles. The highest BCUT2D eigenvalue weighted by Gasteiger charge is 2.19. The van der Waals surface area contributed by atoms with Crippen LogP contribution in [0.4, 0.5) is 0 Å². The van der Waals surface area contributed by atoms with Gasteiger partial charge in [0.05, 0.1) is 11.3 Å². The molecular formula is C18H18N6. The molecule has 0 saturated heterocycles. The second kappa shape index (κ2) is 6.41. The number of pyridine rings is 1. The zero-order valence-electron chi connectivity index (χ0n) is 13.6. The summed E-state index contributed by atoms with van der Waals surface area (Å²) in [5.41, 5.74) is 5.74. The first-order chi connectivity index (χ1) is 11.8. The number of aryl methyl sites for hydroxylation is 1. The number of hydrogen-bond donors (Lipinski definition) is 0. The highest BCUT2D eigenvalue weighted by molar-refractivity contribution is 5.52. The van der Waals surface area contributed by atoms with Crippen molar-refractivity contribution < 1.29 is 0 Å². The minimum absolute atomic E-state index is 0.700. The smallest absolute Gasteiger partial charge is 0.162 e. The van der Waals surface area contributed by atoms with E-state index in [1.165, 1.54) is 23.0 Å². The monoisotopic (exact) mass is 318 g/mol. The molecule has 0 bridgehead atoms. The third-order valence-corrected chi connectivity index (χ3v) is 4.37. The van der Waals surface area contributed by atoms with E-state index in [0.717, 1.165) is 37.3 Å². The average molecular weight is 318 g/mol. The highest BCUT2D eigenvalue weighted by Crippen LogP contribution is 2.21. The Labute approximate surface area is 140 Å². The fraction of sp³-hybridized carbons (Fsp3) is 0.278. The van der Waals surface area contributed by atoms with E-state index >= 15 is 0 Å². The second-order valence-corrected chi connectivity index (χ2v) is 6.06. The Bertz CT molecular complexity index is 849. The normalized spacial score (nSPS) is 14.4. The maximum Gasteiger partial charge on any atom is 0.162 e. The van der Waals surface area contributed by atoms with Crippen molar-refractivity contribution in [2.45, 2.75) is 26.4 Å². The average Bonchev–Trinajstić information content (AvgIpc) is 2.64. The van der Waals surface area contributed by atoms with Gasteiger partial charge in [-0.2, -0.15) is 0 Å². The molecule has 6 heteroatoms. The molecule has 0 spiro atoms. The molecule has 0 unspecified atom stereocenters. The standard InChI is InChI=1S/C18H18N6/c1-13-2-4-19-8-15(13)10-24-5-3-17-16(11-24)9-22-18(23-17)14-6-20-12-21-7-14/h2,4,6-9,12H,3,5,10-11H2,1H3. The minimum Gasteiger partial charge on any atom is -0.294 e. The van der Waals surface area contributed by atoms with Crippen LogP contribution in [0.25, 0.3) is 11.4 Å². The van der Waals surface area contributed by atoms with Gasteiger partial charge in [-0.3, -0.25) is 9.88 Å². The highest BCUT2D eigenvalue weighted by atomic mass is 15.1. The zero-order chi connectivity index (χ0) is 16.4. The summed E-state index contributed by atoms with van der Waals surface area (Å²) < 4.78 is 0. The maximum absolute atomic E-state index is 4.71. The number of hydrogen-bond acceptors (Lipinski definition) is 6. The Morgan fingerprint density at radius 3 is 2.79 bits per heavy atom. The molecule has 0 amide bonds. The first-order valence-corrected chi connectivity index (χ1v) is 8.01. The van der Waals surface area contributed by atoms with Crippen molar-refractivity contribution in [3.8, 4) is 11.4 Å². The molecule has 24 heavy (non-hydrogen) atoms. The van der Waals surface area contributed by atoms with Gasteiger partial charge in [0, 0.05) is 62.6 Å². The van der Waals surface area contributed by atoms with Gasteiger partial charge in [0.15, 0.2) is 5.82 Å². The van der Waals surface area contributed by atoms with Crippen LogP contribution in [0.2, 0.25) is 0 Å². The summed E-state index contributed by atoms with van der Waals surface area (Å²) in [6.45, 7) is 4.90. The van der Waals surface area contributed by atoms with E-state index in [9.17, 15) is 0 Å². The maximum atomic E-state index is 4.71. The lowest BCUT2D eigenvalue weighted by molar-refractivity contribution is 0.242. The van der Waals surface area contributed by atoms with Crippen LogP contribution >= 0.6 is 0 Å². The molecule has 1 aliphatic rings. The van der Waals surface area contributed by atoms with Crippen molar-refractivity contribution in [1.82, 2.24) is 29.8 Å². The number of rotatable bonds is 3. The molecule has 0 saturated carbocycles. The molecule has 3 aromatic rings. The molecule has 1 aliphatic heterocycles. The van der Waals surface area contributed by atoms with Gasteiger partial charge in [-0.15, -0.1) is 0 Å². The molecular weight excluding hydrogens is 300 g/mol. The first kappa shape index (κ1) is 14.8. The van der Waals surface area contributed by atoms with Crippen molar-refractivity contribution in [1.29, 1.82) is 0 Å². The summed E-state index contributed by atoms with van der Waals surface area (Å²) in [5, 5.41) is 0. The third kappa shape index (κ3) is 3.00.